The molecule has 0 amide bonds. The molecule has 0 spiro atoms. The van der Waals surface area contributed by atoms with Gasteiger partial charge in [0.15, 0.2) is 0 Å². The van der Waals surface area contributed by atoms with Crippen molar-refractivity contribution in [2.24, 2.45) is 17.8 Å². The maximum atomic E-state index is 13.2. The molecule has 1 aliphatic rings. The molecule has 1 saturated carbocycles. The third-order valence-electron chi connectivity index (χ3n) is 3.95. The Kier molecular flexibility index (Phi) is 4.44. The molecule has 0 saturated heterocycles. The lowest BCUT2D eigenvalue weighted by molar-refractivity contribution is 0.0551. The van der Waals surface area contributed by atoms with Crippen molar-refractivity contribution in [1.29, 1.82) is 0 Å². The predicted octanol–water partition coefficient (Wildman–Crippen LogP) is 4.69. The fourth-order valence-electron chi connectivity index (χ4n) is 3.24. The molecule has 18 heavy (non-hydrogen) atoms. The minimum Gasteiger partial charge on any atom is -0.388 e. The van der Waals surface area contributed by atoms with Crippen LogP contribution in [0.1, 0.15) is 44.8 Å². The van der Waals surface area contributed by atoms with Crippen molar-refractivity contribution < 1.29 is 9.50 Å². The van der Waals surface area contributed by atoms with Gasteiger partial charge in [0.25, 0.3) is 0 Å². The molecular weight excluding hydrogens is 295 g/mol. The Morgan fingerprint density at radius 3 is 2.39 bits per heavy atom. The molecule has 1 N–H and O–H groups in total. The minimum atomic E-state index is -0.480. The van der Waals surface area contributed by atoms with E-state index in [-0.39, 0.29) is 5.82 Å². The third kappa shape index (κ3) is 3.12. The first-order valence-electron chi connectivity index (χ1n) is 6.60. The molecule has 1 nitrogen and oxygen atoms in total. The first kappa shape index (κ1) is 14.0. The van der Waals surface area contributed by atoms with Gasteiger partial charge >= 0.3 is 0 Å². The van der Waals surface area contributed by atoms with Crippen LogP contribution in [0.25, 0.3) is 0 Å². The number of halogens is 2. The van der Waals surface area contributed by atoms with E-state index in [1.165, 1.54) is 12.5 Å². The van der Waals surface area contributed by atoms with Crippen molar-refractivity contribution in [1.82, 2.24) is 0 Å². The van der Waals surface area contributed by atoms with Crippen LogP contribution in [0, 0.1) is 23.6 Å². The van der Waals surface area contributed by atoms with Gasteiger partial charge in [-0.25, -0.2) is 4.39 Å². The van der Waals surface area contributed by atoms with Crippen LogP contribution in [0.15, 0.2) is 22.7 Å². The highest BCUT2D eigenvalue weighted by atomic mass is 79.9. The molecule has 3 heteroatoms. The number of rotatable bonds is 2. The number of hydrogen-bond donors (Lipinski definition) is 1. The molecule has 1 aromatic carbocycles. The minimum absolute atomic E-state index is 0.281. The predicted molar refractivity (Wildman–Crippen MR) is 74.7 cm³/mol. The fourth-order valence-corrected chi connectivity index (χ4v) is 3.63. The Morgan fingerprint density at radius 1 is 1.22 bits per heavy atom. The second kappa shape index (κ2) is 5.70. The zero-order valence-electron chi connectivity index (χ0n) is 10.9. The van der Waals surface area contributed by atoms with Crippen molar-refractivity contribution in [3.63, 3.8) is 0 Å². The van der Waals surface area contributed by atoms with E-state index >= 15 is 0 Å². The summed E-state index contributed by atoms with van der Waals surface area (Å²) in [6.07, 6.45) is 2.88. The largest absolute Gasteiger partial charge is 0.388 e. The number of aliphatic hydroxyl groups is 1. The molecular formula is C15H20BrFO. The molecule has 1 aliphatic carbocycles. The van der Waals surface area contributed by atoms with Gasteiger partial charge in [-0.3, -0.25) is 0 Å². The average molecular weight is 315 g/mol. The number of aliphatic hydroxyl groups excluding tert-OH is 1. The van der Waals surface area contributed by atoms with E-state index in [1.54, 1.807) is 12.1 Å². The van der Waals surface area contributed by atoms with E-state index in [9.17, 15) is 9.50 Å². The van der Waals surface area contributed by atoms with E-state index in [1.807, 2.05) is 0 Å². The molecule has 0 aromatic heterocycles. The first-order valence-corrected chi connectivity index (χ1v) is 7.39. The molecule has 1 aromatic rings. The molecule has 2 rings (SSSR count). The highest BCUT2D eigenvalue weighted by molar-refractivity contribution is 9.10. The normalized spacial score (nSPS) is 30.2. The van der Waals surface area contributed by atoms with Crippen LogP contribution in [0.5, 0.6) is 0 Å². The number of benzene rings is 1. The van der Waals surface area contributed by atoms with Gasteiger partial charge in [-0.15, -0.1) is 0 Å². The van der Waals surface area contributed by atoms with Crippen LogP contribution in [0.2, 0.25) is 0 Å². The Labute approximate surface area is 117 Å². The summed E-state index contributed by atoms with van der Waals surface area (Å²) in [4.78, 5) is 0. The molecule has 1 fully saturated rings. The zero-order chi connectivity index (χ0) is 13.3. The van der Waals surface area contributed by atoms with Gasteiger partial charge in [-0.05, 0) is 70.6 Å². The smallest absolute Gasteiger partial charge is 0.137 e. The Bertz CT molecular complexity index is 411. The standard InChI is InChI=1S/C15H20BrFO/c1-9-5-10(2)7-12(6-9)15(18)11-3-4-14(17)13(16)8-11/h3-4,8-10,12,15,18H,5-7H2,1-2H3. The van der Waals surface area contributed by atoms with Crippen LogP contribution in [0.4, 0.5) is 4.39 Å². The summed E-state index contributed by atoms with van der Waals surface area (Å²) in [5.74, 6) is 1.34. The lowest BCUT2D eigenvalue weighted by Gasteiger charge is -2.34. The molecule has 100 valence electrons. The first-order chi connectivity index (χ1) is 8.47. The van der Waals surface area contributed by atoms with Gasteiger partial charge in [-0.1, -0.05) is 19.9 Å². The lowest BCUT2D eigenvalue weighted by Crippen LogP contribution is -2.24. The summed E-state index contributed by atoms with van der Waals surface area (Å²) in [5, 5.41) is 10.5. The SMILES string of the molecule is CC1CC(C)CC(C(O)c2ccc(F)c(Br)c2)C1. The van der Waals surface area contributed by atoms with Crippen LogP contribution in [-0.2, 0) is 0 Å². The van der Waals surface area contributed by atoms with E-state index in [0.29, 0.717) is 22.2 Å². The van der Waals surface area contributed by atoms with E-state index in [2.05, 4.69) is 29.8 Å². The van der Waals surface area contributed by atoms with Crippen LogP contribution in [-0.4, -0.2) is 5.11 Å². The summed E-state index contributed by atoms with van der Waals surface area (Å²) in [6, 6.07) is 4.80. The van der Waals surface area contributed by atoms with Crippen molar-refractivity contribution >= 4 is 15.9 Å². The summed E-state index contributed by atoms with van der Waals surface area (Å²) in [5.41, 5.74) is 0.814. The molecule has 3 atom stereocenters. The van der Waals surface area contributed by atoms with Gasteiger partial charge in [-0.2, -0.15) is 0 Å². The second-order valence-electron chi connectivity index (χ2n) is 5.80. The molecule has 0 radical (unpaired) electrons. The highest BCUT2D eigenvalue weighted by Crippen LogP contribution is 2.40. The highest BCUT2D eigenvalue weighted by Gasteiger charge is 2.29. The molecule has 0 heterocycles. The Balaban J connectivity index is 2.14. The van der Waals surface area contributed by atoms with Gasteiger partial charge in [0, 0.05) is 0 Å². The van der Waals surface area contributed by atoms with E-state index in [4.69, 9.17) is 0 Å². The van der Waals surface area contributed by atoms with Crippen molar-refractivity contribution in [3.05, 3.63) is 34.1 Å². The summed E-state index contributed by atoms with van der Waals surface area (Å²) in [7, 11) is 0. The summed E-state index contributed by atoms with van der Waals surface area (Å²) in [6.45, 7) is 4.49. The number of hydrogen-bond acceptors (Lipinski definition) is 1. The maximum Gasteiger partial charge on any atom is 0.137 e. The fraction of sp³-hybridized carbons (Fsp3) is 0.600. The zero-order valence-corrected chi connectivity index (χ0v) is 12.5. The lowest BCUT2D eigenvalue weighted by atomic mass is 9.73. The van der Waals surface area contributed by atoms with Crippen molar-refractivity contribution in [3.8, 4) is 0 Å². The van der Waals surface area contributed by atoms with Gasteiger partial charge in [0.1, 0.15) is 5.82 Å². The summed E-state index contributed by atoms with van der Waals surface area (Å²) >= 11 is 3.18. The van der Waals surface area contributed by atoms with Crippen LogP contribution in [0.3, 0.4) is 0 Å². The Hall–Kier alpha value is -0.410. The van der Waals surface area contributed by atoms with Crippen molar-refractivity contribution in [2.75, 3.05) is 0 Å². The second-order valence-corrected chi connectivity index (χ2v) is 6.65. The molecule has 0 aliphatic heterocycles. The average Bonchev–Trinajstić information content (AvgIpc) is 2.30. The molecule has 0 bridgehead atoms. The van der Waals surface area contributed by atoms with Crippen LogP contribution >= 0.6 is 15.9 Å². The van der Waals surface area contributed by atoms with Gasteiger partial charge in [0.2, 0.25) is 0 Å². The van der Waals surface area contributed by atoms with Crippen LogP contribution < -0.4 is 0 Å². The van der Waals surface area contributed by atoms with Crippen molar-refractivity contribution in [2.45, 2.75) is 39.2 Å². The van der Waals surface area contributed by atoms with E-state index < -0.39 is 6.10 Å². The molecule has 3 unspecified atom stereocenters. The van der Waals surface area contributed by atoms with E-state index in [0.717, 1.165) is 18.4 Å². The maximum absolute atomic E-state index is 13.2. The van der Waals surface area contributed by atoms with Gasteiger partial charge in [0.05, 0.1) is 10.6 Å². The third-order valence-corrected chi connectivity index (χ3v) is 4.55. The topological polar surface area (TPSA) is 20.2 Å². The summed E-state index contributed by atoms with van der Waals surface area (Å²) < 4.78 is 13.6. The quantitative estimate of drug-likeness (QED) is 0.839. The Morgan fingerprint density at radius 2 is 1.83 bits per heavy atom. The van der Waals surface area contributed by atoms with Gasteiger partial charge < -0.3 is 5.11 Å². The monoisotopic (exact) mass is 314 g/mol.